The predicted octanol–water partition coefficient (Wildman–Crippen LogP) is 2.91. The van der Waals surface area contributed by atoms with E-state index in [0.717, 1.165) is 19.4 Å². The molecule has 0 saturated carbocycles. The van der Waals surface area contributed by atoms with Crippen molar-refractivity contribution < 1.29 is 5.11 Å². The lowest BCUT2D eigenvalue weighted by molar-refractivity contribution is -0.0997. The first kappa shape index (κ1) is 11.2. The molecule has 0 spiro atoms. The van der Waals surface area contributed by atoms with Crippen LogP contribution in [0.25, 0.3) is 0 Å². The van der Waals surface area contributed by atoms with Crippen LogP contribution in [0.3, 0.4) is 0 Å². The molecule has 0 amide bonds. The van der Waals surface area contributed by atoms with Gasteiger partial charge in [-0.1, -0.05) is 36.8 Å². The van der Waals surface area contributed by atoms with E-state index in [4.69, 9.17) is 0 Å². The van der Waals surface area contributed by atoms with Crippen LogP contribution in [0.15, 0.2) is 30.3 Å². The average Bonchev–Trinajstić information content (AvgIpc) is 2.54. The van der Waals surface area contributed by atoms with Gasteiger partial charge in [-0.25, -0.2) is 0 Å². The van der Waals surface area contributed by atoms with E-state index in [9.17, 15) is 5.11 Å². The van der Waals surface area contributed by atoms with Crippen molar-refractivity contribution in [1.82, 2.24) is 4.90 Å². The minimum atomic E-state index is -0.517. The van der Waals surface area contributed by atoms with Crippen molar-refractivity contribution in [1.29, 1.82) is 0 Å². The maximum atomic E-state index is 10.7. The summed E-state index contributed by atoms with van der Waals surface area (Å²) < 4.78 is 0. The van der Waals surface area contributed by atoms with Crippen molar-refractivity contribution in [2.45, 2.75) is 56.8 Å². The summed E-state index contributed by atoms with van der Waals surface area (Å²) in [4.78, 5) is 2.36. The monoisotopic (exact) mass is 231 g/mol. The van der Waals surface area contributed by atoms with Crippen molar-refractivity contribution in [3.8, 4) is 0 Å². The smallest absolute Gasteiger partial charge is 0.119 e. The Balaban J connectivity index is 1.81. The van der Waals surface area contributed by atoms with Crippen molar-refractivity contribution >= 4 is 0 Å². The van der Waals surface area contributed by atoms with Gasteiger partial charge >= 0.3 is 0 Å². The number of aliphatic hydroxyl groups is 1. The van der Waals surface area contributed by atoms with Crippen LogP contribution >= 0.6 is 0 Å². The predicted molar refractivity (Wildman–Crippen MR) is 68.4 cm³/mol. The van der Waals surface area contributed by atoms with Gasteiger partial charge in [0.15, 0.2) is 0 Å². The fourth-order valence-corrected chi connectivity index (χ4v) is 3.45. The summed E-state index contributed by atoms with van der Waals surface area (Å²) >= 11 is 0. The molecule has 3 rings (SSSR count). The van der Waals surface area contributed by atoms with Gasteiger partial charge in [-0.3, -0.25) is 4.90 Å². The molecule has 0 aliphatic carbocycles. The highest BCUT2D eigenvalue weighted by Crippen LogP contribution is 2.41. The Labute approximate surface area is 103 Å². The number of nitrogens with zero attached hydrogens (tertiary/aromatic N) is 1. The van der Waals surface area contributed by atoms with Crippen LogP contribution in [-0.2, 0) is 6.54 Å². The Hall–Kier alpha value is -0.860. The molecule has 2 fully saturated rings. The van der Waals surface area contributed by atoms with Crippen LogP contribution in [0.1, 0.15) is 44.1 Å². The van der Waals surface area contributed by atoms with Crippen LogP contribution in [0.5, 0.6) is 0 Å². The topological polar surface area (TPSA) is 23.5 Å². The summed E-state index contributed by atoms with van der Waals surface area (Å²) in [7, 11) is 0. The third kappa shape index (κ3) is 2.12. The third-order valence-electron chi connectivity index (χ3n) is 4.41. The molecule has 0 aromatic heterocycles. The highest BCUT2D eigenvalue weighted by atomic mass is 16.3. The molecule has 2 aliphatic rings. The Bertz CT molecular complexity index is 376. The fraction of sp³-hybridized carbons (Fsp3) is 0.600. The van der Waals surface area contributed by atoms with Gasteiger partial charge in [0.1, 0.15) is 5.72 Å². The lowest BCUT2D eigenvalue weighted by Gasteiger charge is -2.35. The molecule has 92 valence electrons. The average molecular weight is 231 g/mol. The second-order valence-corrected chi connectivity index (χ2v) is 5.53. The quantitative estimate of drug-likeness (QED) is 0.846. The SMILES string of the molecule is OC12CCCCC(CC1)N2Cc1ccccc1. The Morgan fingerprint density at radius 1 is 1.12 bits per heavy atom. The molecule has 2 saturated heterocycles. The maximum Gasteiger partial charge on any atom is 0.119 e. The minimum absolute atomic E-state index is 0.517. The second-order valence-electron chi connectivity index (χ2n) is 5.53. The Kier molecular flexibility index (Phi) is 2.93. The number of rotatable bonds is 2. The zero-order valence-electron chi connectivity index (χ0n) is 10.3. The third-order valence-corrected chi connectivity index (χ3v) is 4.41. The van der Waals surface area contributed by atoms with Crippen LogP contribution in [-0.4, -0.2) is 21.8 Å². The molecule has 0 radical (unpaired) electrons. The number of benzene rings is 1. The van der Waals surface area contributed by atoms with E-state index in [-0.39, 0.29) is 0 Å². The molecule has 1 aromatic carbocycles. The molecule has 2 atom stereocenters. The van der Waals surface area contributed by atoms with Crippen LogP contribution in [0.2, 0.25) is 0 Å². The highest BCUT2D eigenvalue weighted by Gasteiger charge is 2.45. The summed E-state index contributed by atoms with van der Waals surface area (Å²) in [6, 6.07) is 11.1. The van der Waals surface area contributed by atoms with E-state index in [1.165, 1.54) is 31.2 Å². The van der Waals surface area contributed by atoms with Crippen molar-refractivity contribution in [2.24, 2.45) is 0 Å². The standard InChI is InChI=1S/C15H21NO/c17-15-10-5-4-8-14(9-11-15)16(15)12-13-6-2-1-3-7-13/h1-3,6-7,14,17H,4-5,8-12H2. The normalized spacial score (nSPS) is 33.6. The zero-order valence-corrected chi connectivity index (χ0v) is 10.3. The molecule has 2 bridgehead atoms. The fourth-order valence-electron chi connectivity index (χ4n) is 3.45. The number of hydrogen-bond acceptors (Lipinski definition) is 2. The van der Waals surface area contributed by atoms with Crippen LogP contribution in [0, 0.1) is 0 Å². The van der Waals surface area contributed by atoms with E-state index >= 15 is 0 Å². The molecule has 2 heterocycles. The largest absolute Gasteiger partial charge is 0.376 e. The van der Waals surface area contributed by atoms with E-state index in [1.54, 1.807) is 0 Å². The van der Waals surface area contributed by atoms with E-state index in [2.05, 4.69) is 35.2 Å². The molecule has 2 heteroatoms. The summed E-state index contributed by atoms with van der Waals surface area (Å²) in [5, 5.41) is 10.7. The van der Waals surface area contributed by atoms with Gasteiger partial charge < -0.3 is 5.11 Å². The maximum absolute atomic E-state index is 10.7. The first-order valence-corrected chi connectivity index (χ1v) is 6.81. The van der Waals surface area contributed by atoms with E-state index in [0.29, 0.717) is 6.04 Å². The first-order valence-electron chi connectivity index (χ1n) is 6.81. The summed E-state index contributed by atoms with van der Waals surface area (Å²) in [6.07, 6.45) is 6.80. The summed E-state index contributed by atoms with van der Waals surface area (Å²) in [6.45, 7) is 0.905. The van der Waals surface area contributed by atoms with E-state index < -0.39 is 5.72 Å². The molecule has 17 heavy (non-hydrogen) atoms. The Morgan fingerprint density at radius 2 is 1.94 bits per heavy atom. The number of hydrogen-bond donors (Lipinski definition) is 1. The first-order chi connectivity index (χ1) is 8.28. The van der Waals surface area contributed by atoms with Gasteiger partial charge in [-0.15, -0.1) is 0 Å². The van der Waals surface area contributed by atoms with Gasteiger partial charge in [0.05, 0.1) is 0 Å². The van der Waals surface area contributed by atoms with Gasteiger partial charge in [0.2, 0.25) is 0 Å². The molecular formula is C15H21NO. The molecule has 1 N–H and O–H groups in total. The molecular weight excluding hydrogens is 210 g/mol. The lowest BCUT2D eigenvalue weighted by atomic mass is 9.99. The molecule has 2 unspecified atom stereocenters. The van der Waals surface area contributed by atoms with Crippen molar-refractivity contribution in [3.63, 3.8) is 0 Å². The van der Waals surface area contributed by atoms with Crippen molar-refractivity contribution in [3.05, 3.63) is 35.9 Å². The second kappa shape index (κ2) is 4.43. The van der Waals surface area contributed by atoms with Gasteiger partial charge in [-0.05, 0) is 37.7 Å². The van der Waals surface area contributed by atoms with Gasteiger partial charge in [0, 0.05) is 12.6 Å². The van der Waals surface area contributed by atoms with Crippen LogP contribution in [0.4, 0.5) is 0 Å². The molecule has 2 nitrogen and oxygen atoms in total. The van der Waals surface area contributed by atoms with Gasteiger partial charge in [-0.2, -0.15) is 0 Å². The van der Waals surface area contributed by atoms with E-state index in [1.807, 2.05) is 0 Å². The zero-order chi connectivity index (χ0) is 11.7. The lowest BCUT2D eigenvalue weighted by Crippen LogP contribution is -2.45. The van der Waals surface area contributed by atoms with Gasteiger partial charge in [0.25, 0.3) is 0 Å². The van der Waals surface area contributed by atoms with Crippen molar-refractivity contribution in [2.75, 3.05) is 0 Å². The number of fused-ring (bicyclic) bond motifs is 2. The Morgan fingerprint density at radius 3 is 2.76 bits per heavy atom. The molecule has 1 aromatic rings. The molecule has 2 aliphatic heterocycles. The summed E-state index contributed by atoms with van der Waals surface area (Å²) in [5.74, 6) is 0. The van der Waals surface area contributed by atoms with Crippen LogP contribution < -0.4 is 0 Å². The minimum Gasteiger partial charge on any atom is -0.376 e. The highest BCUT2D eigenvalue weighted by molar-refractivity contribution is 5.15. The summed E-state index contributed by atoms with van der Waals surface area (Å²) in [5.41, 5.74) is 0.802.